The zero-order chi connectivity index (χ0) is 12.8. The van der Waals surface area contributed by atoms with E-state index in [1.54, 1.807) is 12.1 Å². The van der Waals surface area contributed by atoms with Gasteiger partial charge >= 0.3 is 0 Å². The Bertz CT molecular complexity index is 381. The zero-order valence-electron chi connectivity index (χ0n) is 10.1. The third kappa shape index (κ3) is 4.32. The Morgan fingerprint density at radius 3 is 2.94 bits per heavy atom. The molecule has 1 aliphatic heterocycles. The van der Waals surface area contributed by atoms with Gasteiger partial charge in [0.1, 0.15) is 12.4 Å². The molecule has 1 aromatic rings. The minimum atomic E-state index is 0.370. The first-order valence-corrected chi connectivity index (χ1v) is 6.91. The molecule has 1 aliphatic rings. The summed E-state index contributed by atoms with van der Waals surface area (Å²) in [4.78, 5) is 0. The lowest BCUT2D eigenvalue weighted by Gasteiger charge is -2.11. The number of rotatable bonds is 6. The number of nitrogens with one attached hydrogen (secondary N) is 1. The van der Waals surface area contributed by atoms with E-state index in [9.17, 15) is 0 Å². The Balaban J connectivity index is 1.61. The van der Waals surface area contributed by atoms with Crippen LogP contribution in [0.25, 0.3) is 0 Å². The monoisotopic (exact) mass is 289 g/mol. The Morgan fingerprint density at radius 2 is 2.22 bits per heavy atom. The minimum Gasteiger partial charge on any atom is -0.492 e. The normalized spacial score (nSPS) is 19.1. The van der Waals surface area contributed by atoms with Crippen LogP contribution in [0.15, 0.2) is 18.2 Å². The van der Waals surface area contributed by atoms with Crippen molar-refractivity contribution in [2.24, 2.45) is 0 Å². The van der Waals surface area contributed by atoms with E-state index in [0.29, 0.717) is 22.8 Å². The highest BCUT2D eigenvalue weighted by Gasteiger charge is 2.14. The molecule has 1 N–H and O–H groups in total. The van der Waals surface area contributed by atoms with Crippen molar-refractivity contribution in [1.29, 1.82) is 0 Å². The van der Waals surface area contributed by atoms with Crippen molar-refractivity contribution in [3.63, 3.8) is 0 Å². The number of ether oxygens (including phenoxy) is 2. The van der Waals surface area contributed by atoms with Crippen molar-refractivity contribution in [2.75, 3.05) is 26.3 Å². The van der Waals surface area contributed by atoms with Crippen LogP contribution in [-0.4, -0.2) is 32.4 Å². The highest BCUT2D eigenvalue weighted by atomic mass is 35.5. The second kappa shape index (κ2) is 7.19. The molecule has 1 aromatic carbocycles. The average Bonchev–Trinajstić information content (AvgIpc) is 2.86. The lowest BCUT2D eigenvalue weighted by Crippen LogP contribution is -2.29. The maximum absolute atomic E-state index is 5.90. The Hall–Kier alpha value is -0.480. The molecule has 0 radical (unpaired) electrons. The fraction of sp³-hybridized carbons (Fsp3) is 0.538. The molecule has 0 amide bonds. The van der Waals surface area contributed by atoms with E-state index in [0.717, 1.165) is 31.9 Å². The van der Waals surface area contributed by atoms with Crippen molar-refractivity contribution < 1.29 is 9.47 Å². The van der Waals surface area contributed by atoms with Crippen LogP contribution in [0.1, 0.15) is 12.8 Å². The molecule has 1 fully saturated rings. The third-order valence-corrected chi connectivity index (χ3v) is 3.57. The molecule has 1 unspecified atom stereocenters. The summed E-state index contributed by atoms with van der Waals surface area (Å²) in [6.07, 6.45) is 2.70. The van der Waals surface area contributed by atoms with E-state index in [2.05, 4.69) is 5.32 Å². The minimum absolute atomic E-state index is 0.370. The molecule has 0 spiro atoms. The van der Waals surface area contributed by atoms with Crippen LogP contribution in [0.2, 0.25) is 10.0 Å². The molecule has 1 heterocycles. The number of halogens is 2. The van der Waals surface area contributed by atoms with Gasteiger partial charge in [0, 0.05) is 25.8 Å². The smallest absolute Gasteiger partial charge is 0.120 e. The van der Waals surface area contributed by atoms with Crippen LogP contribution in [0, 0.1) is 0 Å². The molecule has 3 nitrogen and oxygen atoms in total. The summed E-state index contributed by atoms with van der Waals surface area (Å²) in [5, 5.41) is 4.37. The van der Waals surface area contributed by atoms with Crippen LogP contribution < -0.4 is 10.1 Å². The third-order valence-electron chi connectivity index (χ3n) is 2.83. The fourth-order valence-electron chi connectivity index (χ4n) is 1.88. The summed E-state index contributed by atoms with van der Waals surface area (Å²) in [7, 11) is 0. The predicted molar refractivity (Wildman–Crippen MR) is 73.8 cm³/mol. The molecule has 2 rings (SSSR count). The van der Waals surface area contributed by atoms with E-state index in [-0.39, 0.29) is 0 Å². The summed E-state index contributed by atoms with van der Waals surface area (Å²) in [6.45, 7) is 3.18. The van der Waals surface area contributed by atoms with Gasteiger partial charge < -0.3 is 14.8 Å². The van der Waals surface area contributed by atoms with E-state index >= 15 is 0 Å². The predicted octanol–water partition coefficient (Wildman–Crippen LogP) is 3.14. The zero-order valence-corrected chi connectivity index (χ0v) is 11.6. The molecule has 5 heteroatoms. The topological polar surface area (TPSA) is 30.5 Å². The van der Waals surface area contributed by atoms with Crippen molar-refractivity contribution in [3.8, 4) is 5.75 Å². The van der Waals surface area contributed by atoms with Gasteiger partial charge in [-0.2, -0.15) is 0 Å². The van der Waals surface area contributed by atoms with Gasteiger partial charge in [-0.3, -0.25) is 0 Å². The Kier molecular flexibility index (Phi) is 5.57. The van der Waals surface area contributed by atoms with Gasteiger partial charge in [-0.05, 0) is 25.0 Å². The molecule has 0 bridgehead atoms. The highest BCUT2D eigenvalue weighted by molar-refractivity contribution is 6.42. The second-order valence-corrected chi connectivity index (χ2v) is 5.08. The van der Waals surface area contributed by atoms with Crippen LogP contribution >= 0.6 is 23.2 Å². The number of hydrogen-bond donors (Lipinski definition) is 1. The molecule has 0 aromatic heterocycles. The Morgan fingerprint density at radius 1 is 1.33 bits per heavy atom. The lowest BCUT2D eigenvalue weighted by molar-refractivity contribution is 0.109. The summed E-state index contributed by atoms with van der Waals surface area (Å²) in [5.74, 6) is 0.739. The van der Waals surface area contributed by atoms with Crippen LogP contribution in [0.5, 0.6) is 5.75 Å². The molecule has 18 heavy (non-hydrogen) atoms. The highest BCUT2D eigenvalue weighted by Crippen LogP contribution is 2.26. The Labute approximate surface area is 117 Å². The van der Waals surface area contributed by atoms with Gasteiger partial charge in [0.2, 0.25) is 0 Å². The van der Waals surface area contributed by atoms with E-state index in [1.165, 1.54) is 6.42 Å². The average molecular weight is 290 g/mol. The van der Waals surface area contributed by atoms with E-state index in [1.807, 2.05) is 6.07 Å². The van der Waals surface area contributed by atoms with Gasteiger partial charge in [0.15, 0.2) is 0 Å². The second-order valence-electron chi connectivity index (χ2n) is 4.26. The van der Waals surface area contributed by atoms with Crippen molar-refractivity contribution in [3.05, 3.63) is 28.2 Å². The standard InChI is InChI=1S/C13H17Cl2NO2/c14-12-4-3-10(8-13(12)15)18-7-5-16-9-11-2-1-6-17-11/h3-4,8,11,16H,1-2,5-7,9H2. The first-order chi connectivity index (χ1) is 8.75. The summed E-state index contributed by atoms with van der Waals surface area (Å²) in [5.41, 5.74) is 0. The van der Waals surface area contributed by atoms with Gasteiger partial charge in [0.25, 0.3) is 0 Å². The molecule has 0 saturated carbocycles. The molecular formula is C13H17Cl2NO2. The quantitative estimate of drug-likeness (QED) is 0.816. The van der Waals surface area contributed by atoms with Gasteiger partial charge in [-0.15, -0.1) is 0 Å². The van der Waals surface area contributed by atoms with E-state index in [4.69, 9.17) is 32.7 Å². The fourth-order valence-corrected chi connectivity index (χ4v) is 2.16. The van der Waals surface area contributed by atoms with E-state index < -0.39 is 0 Å². The molecule has 1 saturated heterocycles. The number of hydrogen-bond acceptors (Lipinski definition) is 3. The van der Waals surface area contributed by atoms with Crippen LogP contribution in [0.4, 0.5) is 0 Å². The first-order valence-electron chi connectivity index (χ1n) is 6.16. The summed E-state index contributed by atoms with van der Waals surface area (Å²) in [6, 6.07) is 5.28. The molecular weight excluding hydrogens is 273 g/mol. The maximum Gasteiger partial charge on any atom is 0.120 e. The van der Waals surface area contributed by atoms with Gasteiger partial charge in [-0.25, -0.2) is 0 Å². The van der Waals surface area contributed by atoms with Gasteiger partial charge in [0.05, 0.1) is 16.1 Å². The van der Waals surface area contributed by atoms with Crippen LogP contribution in [-0.2, 0) is 4.74 Å². The molecule has 1 atom stereocenters. The maximum atomic E-state index is 5.90. The van der Waals surface area contributed by atoms with Crippen molar-refractivity contribution in [2.45, 2.75) is 18.9 Å². The molecule has 100 valence electrons. The van der Waals surface area contributed by atoms with Crippen LogP contribution in [0.3, 0.4) is 0 Å². The summed E-state index contributed by atoms with van der Waals surface area (Å²) >= 11 is 11.7. The first kappa shape index (κ1) is 13.9. The molecule has 0 aliphatic carbocycles. The lowest BCUT2D eigenvalue weighted by atomic mass is 10.2. The SMILES string of the molecule is Clc1ccc(OCCNCC2CCCO2)cc1Cl. The summed E-state index contributed by atoms with van der Waals surface area (Å²) < 4.78 is 11.1. The van der Waals surface area contributed by atoms with Gasteiger partial charge in [-0.1, -0.05) is 23.2 Å². The number of benzene rings is 1. The van der Waals surface area contributed by atoms with Crippen molar-refractivity contribution >= 4 is 23.2 Å². The largest absolute Gasteiger partial charge is 0.492 e. The van der Waals surface area contributed by atoms with Crippen molar-refractivity contribution in [1.82, 2.24) is 5.32 Å².